The summed E-state index contributed by atoms with van der Waals surface area (Å²) in [7, 11) is 0. The first kappa shape index (κ1) is 92.4. The topological polar surface area (TPSA) is 436 Å². The maximum Gasteiger partial charge on any atom is 0.490 e. The zero-order valence-corrected chi connectivity index (χ0v) is 62.0. The number of carbonyl (C=O) groups is 12. The van der Waals surface area contributed by atoms with Gasteiger partial charge >= 0.3 is 24.3 Å². The lowest BCUT2D eigenvalue weighted by Crippen LogP contribution is -2.57. The molecule has 12 atom stereocenters. The molecular weight excluding hydrogens is 1440 g/mol. The maximum absolute atomic E-state index is 14.8. The van der Waals surface area contributed by atoms with Gasteiger partial charge in [0.25, 0.3) is 0 Å². The molecule has 0 aromatic heterocycles. The van der Waals surface area contributed by atoms with Gasteiger partial charge in [0.1, 0.15) is 48.5 Å². The second-order valence-corrected chi connectivity index (χ2v) is 27.8. The Labute approximate surface area is 624 Å². The van der Waals surface area contributed by atoms with E-state index in [1.807, 2.05) is 27.7 Å². The van der Waals surface area contributed by atoms with E-state index in [4.69, 9.17) is 40.7 Å². The maximum atomic E-state index is 14.8. The number of carboxylic acid groups (broad SMARTS) is 2. The van der Waals surface area contributed by atoms with Gasteiger partial charge in [0, 0.05) is 51.6 Å². The van der Waals surface area contributed by atoms with Gasteiger partial charge in [0.2, 0.25) is 59.1 Å². The van der Waals surface area contributed by atoms with E-state index in [0.29, 0.717) is 74.2 Å². The highest BCUT2D eigenvalue weighted by Gasteiger charge is 2.45. The van der Waals surface area contributed by atoms with Crippen molar-refractivity contribution in [2.24, 2.45) is 23.3 Å². The molecular formula is C70H106F6N12O16S2. The number of hydrogen-bond donors (Lipinski definition) is 16. The molecule has 3 heterocycles. The van der Waals surface area contributed by atoms with Crippen molar-refractivity contribution in [1.29, 1.82) is 0 Å². The first-order chi connectivity index (χ1) is 50.1. The van der Waals surface area contributed by atoms with Crippen molar-refractivity contribution in [3.8, 4) is 0 Å². The molecule has 0 unspecified atom stereocenters. The summed E-state index contributed by atoms with van der Waals surface area (Å²) in [6.45, 7) is 7.69. The van der Waals surface area contributed by atoms with E-state index in [1.54, 1.807) is 60.7 Å². The van der Waals surface area contributed by atoms with E-state index >= 15 is 0 Å². The molecule has 16 N–H and O–H groups in total. The number of fused-ring (bicyclic) bond motifs is 4. The lowest BCUT2D eigenvalue weighted by atomic mass is 10.00. The molecule has 5 rings (SSSR count). The summed E-state index contributed by atoms with van der Waals surface area (Å²) in [5, 5.41) is 43.4. The fourth-order valence-electron chi connectivity index (χ4n) is 11.5. The Balaban J connectivity index is 0.00000188. The van der Waals surface area contributed by atoms with E-state index in [9.17, 15) is 74.3 Å². The Bertz CT molecular complexity index is 2910. The third-order valence-corrected chi connectivity index (χ3v) is 17.7. The normalized spacial score (nSPS) is 22.5. The van der Waals surface area contributed by atoms with E-state index in [0.717, 1.165) is 25.7 Å². The van der Waals surface area contributed by atoms with E-state index < -0.39 is 144 Å². The molecule has 3 fully saturated rings. The fourth-order valence-corrected chi connectivity index (χ4v) is 12.0. The van der Waals surface area contributed by atoms with Gasteiger partial charge in [-0.25, -0.2) is 9.59 Å². The van der Waals surface area contributed by atoms with E-state index in [-0.39, 0.29) is 101 Å². The Morgan fingerprint density at radius 2 is 0.821 bits per heavy atom. The number of nitrogens with two attached hydrogens (primary N) is 2. The van der Waals surface area contributed by atoms with Crippen LogP contribution in [-0.2, 0) is 79.8 Å². The number of benzene rings is 2. The van der Waals surface area contributed by atoms with Gasteiger partial charge in [-0.1, -0.05) is 101 Å². The summed E-state index contributed by atoms with van der Waals surface area (Å²) in [6.07, 6.45) is -7.27. The summed E-state index contributed by atoms with van der Waals surface area (Å²) >= 11 is 8.54. The third-order valence-electron chi connectivity index (χ3n) is 17.0. The molecule has 0 spiro atoms. The average Bonchev–Trinajstić information content (AvgIpc) is 1.67. The number of carbonyl (C=O) groups excluding carboxylic acids is 10. The van der Waals surface area contributed by atoms with Crippen molar-refractivity contribution in [3.63, 3.8) is 0 Å². The molecule has 36 heteroatoms. The number of carboxylic acids is 2. The van der Waals surface area contributed by atoms with Crippen LogP contribution in [0.25, 0.3) is 0 Å². The molecule has 3 saturated heterocycles. The van der Waals surface area contributed by atoms with Crippen molar-refractivity contribution in [2.45, 2.75) is 241 Å². The van der Waals surface area contributed by atoms with Crippen LogP contribution in [0, 0.1) is 11.8 Å². The Morgan fingerprint density at radius 1 is 0.491 bits per heavy atom. The number of halogens is 6. The molecule has 0 aliphatic carbocycles. The molecule has 2 aromatic rings. The van der Waals surface area contributed by atoms with Gasteiger partial charge in [0.15, 0.2) is 0 Å². The largest absolute Gasteiger partial charge is 0.490 e. The minimum Gasteiger partial charge on any atom is -0.475 e. The predicted molar refractivity (Wildman–Crippen MR) is 385 cm³/mol. The fraction of sp³-hybridized carbons (Fsp3) is 0.657. The van der Waals surface area contributed by atoms with Crippen molar-refractivity contribution in [1.82, 2.24) is 53.2 Å². The number of nitrogens with one attached hydrogen (secondary N) is 10. The second-order valence-electron chi connectivity index (χ2n) is 26.9. The van der Waals surface area contributed by atoms with Gasteiger partial charge in [-0.3, -0.25) is 47.9 Å². The van der Waals surface area contributed by atoms with Gasteiger partial charge in [-0.05, 0) is 125 Å². The lowest BCUT2D eigenvalue weighted by molar-refractivity contribution is -0.193. The number of hydrogen-bond acceptors (Lipinski definition) is 18. The lowest BCUT2D eigenvalue weighted by Gasteiger charge is -2.27. The summed E-state index contributed by atoms with van der Waals surface area (Å²) in [4.78, 5) is 161. The van der Waals surface area contributed by atoms with Crippen LogP contribution in [0.5, 0.6) is 0 Å². The van der Waals surface area contributed by atoms with Crippen LogP contribution < -0.4 is 64.6 Å². The van der Waals surface area contributed by atoms with E-state index in [2.05, 4.69) is 78.4 Å². The minimum atomic E-state index is -5.08. The van der Waals surface area contributed by atoms with Crippen LogP contribution in [0.3, 0.4) is 0 Å². The number of alkyl halides is 6. The number of amides is 10. The van der Waals surface area contributed by atoms with Crippen LogP contribution in [-0.4, -0.2) is 204 Å². The van der Waals surface area contributed by atoms with Gasteiger partial charge in [0.05, 0.1) is 24.3 Å². The summed E-state index contributed by atoms with van der Waals surface area (Å²) in [5.74, 6) is -10.2. The highest BCUT2D eigenvalue weighted by molar-refractivity contribution is 7.80. The standard InChI is InChI=1S/C66H104N12O12S2.2C2HF3O2/c1-41(2)33-49-59(81)69-39-55-47(73-61(83)45(25-15-17-29-67)71-57(79)27-13-7-19-31-91)37-54(89-55)66(88)78-52(36-44-23-11-6-12-24-44)64(86)76-50(34-42(3)4)60(82)70-40-56-48(74-62(84)46(26-16-18-30-68)72-58(80)28-14-8-20-32-92)38-53(90-56)65(87)77-51(63(85)75-49)35-43-21-9-5-10-22-43;2*3-2(4,5)1(6)7/h5-6,9-12,21-24,41-42,45-56,91-92H,7-8,13-20,25-40,67-68H2,1-4H3,(H,69,81)(H,70,82)(H,71,79)(H,72,80)(H,73,83)(H,74,84)(H,75,85)(H,76,86)(H,77,87)(H,78,88);2*(H,6,7)/t45-,46-,47-,48-,49-,50-,51-,52-,53-,54-,55+,56+;;/m0../s1. The summed E-state index contributed by atoms with van der Waals surface area (Å²) in [5.41, 5.74) is 13.0. The number of ether oxygens (including phenoxy) is 2. The van der Waals surface area contributed by atoms with Crippen molar-refractivity contribution >= 4 is 96.3 Å². The van der Waals surface area contributed by atoms with Gasteiger partial charge in [-0.15, -0.1) is 0 Å². The minimum absolute atomic E-state index is 0.0146. The quantitative estimate of drug-likeness (QED) is 0.0283. The molecule has 10 amide bonds. The molecule has 4 bridgehead atoms. The molecule has 0 radical (unpaired) electrons. The van der Waals surface area contributed by atoms with Crippen molar-refractivity contribution in [3.05, 3.63) is 71.8 Å². The Morgan fingerprint density at radius 3 is 1.12 bits per heavy atom. The number of thiol groups is 2. The van der Waals surface area contributed by atoms with Gasteiger partial charge < -0.3 is 84.3 Å². The van der Waals surface area contributed by atoms with Crippen LogP contribution >= 0.6 is 25.3 Å². The molecule has 0 saturated carbocycles. The summed E-state index contributed by atoms with van der Waals surface area (Å²) < 4.78 is 76.4. The van der Waals surface area contributed by atoms with Crippen molar-refractivity contribution < 1.29 is 104 Å². The Kier molecular flexibility index (Phi) is 42.3. The monoisotopic (exact) mass is 1550 g/mol. The molecule has 3 aliphatic rings. The summed E-state index contributed by atoms with van der Waals surface area (Å²) in [6, 6.07) is 9.18. The van der Waals surface area contributed by atoms with Crippen LogP contribution in [0.15, 0.2) is 60.7 Å². The van der Waals surface area contributed by atoms with Crippen LogP contribution in [0.4, 0.5) is 26.3 Å². The smallest absolute Gasteiger partial charge is 0.475 e. The highest BCUT2D eigenvalue weighted by atomic mass is 32.1. The zero-order valence-electron chi connectivity index (χ0n) is 60.2. The third kappa shape index (κ3) is 35.7. The molecule has 106 heavy (non-hydrogen) atoms. The zero-order chi connectivity index (χ0) is 79.1. The predicted octanol–water partition coefficient (Wildman–Crippen LogP) is 3.51. The van der Waals surface area contributed by atoms with Crippen molar-refractivity contribution in [2.75, 3.05) is 37.7 Å². The molecule has 28 nitrogen and oxygen atoms in total. The highest BCUT2D eigenvalue weighted by Crippen LogP contribution is 2.25. The molecule has 596 valence electrons. The number of aliphatic carboxylic acids is 2. The molecule has 2 aromatic carbocycles. The first-order valence-electron chi connectivity index (χ1n) is 35.7. The van der Waals surface area contributed by atoms with Crippen LogP contribution in [0.2, 0.25) is 0 Å². The van der Waals surface area contributed by atoms with Crippen LogP contribution in [0.1, 0.15) is 154 Å². The second kappa shape index (κ2) is 48.5. The SMILES string of the molecule is CC(C)C[C@@H]1NC(=O)[C@H](Cc2ccccc2)NC(=O)[C@@H]2C[C@H](NC(=O)[C@H](CCCCN)NC(=O)CCCCCS)[C@@H](CNC(=O)[C@H](CC(C)C)NC(=O)[C@H](Cc3ccccc3)NC(=O)[C@@H]3C[C@H](NC(=O)[C@H](CCCCN)NC(=O)CCCCCS)[C@@H](CNC1=O)O3)O2.O=C(O)C(F)(F)F.O=C(O)C(F)(F)F. The number of rotatable bonds is 32. The van der Waals surface area contributed by atoms with Gasteiger partial charge in [-0.2, -0.15) is 51.6 Å². The Hall–Kier alpha value is -7.80. The molecule has 3 aliphatic heterocycles. The van der Waals surface area contributed by atoms with E-state index in [1.165, 1.54) is 0 Å². The first-order valence-corrected chi connectivity index (χ1v) is 36.9. The number of unbranched alkanes of at least 4 members (excludes halogenated alkanes) is 6. The average molecular weight is 1550 g/mol.